The fourth-order valence-corrected chi connectivity index (χ4v) is 1.65. The van der Waals surface area contributed by atoms with E-state index < -0.39 is 11.2 Å². The van der Waals surface area contributed by atoms with Crippen molar-refractivity contribution in [2.75, 3.05) is 7.05 Å². The Morgan fingerprint density at radius 2 is 2.05 bits per heavy atom. The van der Waals surface area contributed by atoms with E-state index in [1.54, 1.807) is 31.3 Å². The molecule has 0 amide bonds. The molecule has 0 saturated carbocycles. The van der Waals surface area contributed by atoms with Crippen LogP contribution < -0.4 is 10.7 Å². The fraction of sp³-hybridized carbons (Fsp3) is 0.0667. The molecule has 0 aliphatic heterocycles. The van der Waals surface area contributed by atoms with Crippen molar-refractivity contribution in [1.29, 1.82) is 5.26 Å². The molecular formula is C15H12N4O2. The van der Waals surface area contributed by atoms with Gasteiger partial charge in [0, 0.05) is 31.6 Å². The Kier molecular flexibility index (Phi) is 4.26. The number of hydrogen-bond donors (Lipinski definition) is 1. The van der Waals surface area contributed by atoms with Crippen LogP contribution in [0.15, 0.2) is 53.6 Å². The number of carbonyl (C=O) groups excluding carboxylic acids is 1. The number of hydrogen-bond acceptors (Lipinski definition) is 5. The molecule has 0 saturated heterocycles. The van der Waals surface area contributed by atoms with Crippen LogP contribution in [0.5, 0.6) is 0 Å². The normalized spacial score (nSPS) is 10.3. The summed E-state index contributed by atoms with van der Waals surface area (Å²) in [7, 11) is 1.65. The Bertz CT molecular complexity index is 783. The number of rotatable bonds is 4. The molecule has 1 aromatic carbocycles. The van der Waals surface area contributed by atoms with Gasteiger partial charge in [0.05, 0.1) is 17.3 Å². The number of aromatic nitrogens is 2. The molecule has 0 spiro atoms. The zero-order chi connectivity index (χ0) is 15.2. The van der Waals surface area contributed by atoms with Gasteiger partial charge in [-0.25, -0.2) is 4.68 Å². The van der Waals surface area contributed by atoms with Crippen molar-refractivity contribution in [3.8, 4) is 11.8 Å². The van der Waals surface area contributed by atoms with Gasteiger partial charge in [0.2, 0.25) is 11.2 Å². The highest BCUT2D eigenvalue weighted by Crippen LogP contribution is 2.07. The standard InChI is InChI=1S/C15H12N4O2/c1-17-8-6-13(20)15-14(21)7-9-19(18-15)12-4-2-11(10-16)3-5-12/h2-9,17H,1H3. The third-order valence-electron chi connectivity index (χ3n) is 2.70. The smallest absolute Gasteiger partial charge is 0.211 e. The summed E-state index contributed by atoms with van der Waals surface area (Å²) < 4.78 is 1.42. The number of nitriles is 1. The summed E-state index contributed by atoms with van der Waals surface area (Å²) in [6.45, 7) is 0. The maximum atomic E-state index is 11.9. The third-order valence-corrected chi connectivity index (χ3v) is 2.70. The van der Waals surface area contributed by atoms with Crippen molar-refractivity contribution >= 4 is 5.78 Å². The SMILES string of the molecule is CNC=CC(=O)c1nn(-c2ccc(C#N)cc2)ccc1=O. The van der Waals surface area contributed by atoms with Gasteiger partial charge in [-0.15, -0.1) is 0 Å². The molecule has 0 atom stereocenters. The molecule has 1 N–H and O–H groups in total. The molecule has 2 aromatic rings. The molecule has 2 rings (SSSR count). The topological polar surface area (TPSA) is 87.8 Å². The van der Waals surface area contributed by atoms with E-state index in [4.69, 9.17) is 5.26 Å². The molecule has 1 heterocycles. The second-order valence-electron chi connectivity index (χ2n) is 4.12. The van der Waals surface area contributed by atoms with E-state index in [0.29, 0.717) is 11.3 Å². The quantitative estimate of drug-likeness (QED) is 0.667. The molecule has 104 valence electrons. The second-order valence-corrected chi connectivity index (χ2v) is 4.12. The average molecular weight is 280 g/mol. The molecule has 21 heavy (non-hydrogen) atoms. The van der Waals surface area contributed by atoms with E-state index in [0.717, 1.165) is 0 Å². The first-order chi connectivity index (χ1) is 10.2. The van der Waals surface area contributed by atoms with Crippen LogP contribution in [-0.2, 0) is 0 Å². The third kappa shape index (κ3) is 3.22. The molecule has 6 nitrogen and oxygen atoms in total. The van der Waals surface area contributed by atoms with Crippen molar-refractivity contribution in [2.24, 2.45) is 0 Å². The monoisotopic (exact) mass is 280 g/mol. The first kappa shape index (κ1) is 14.2. The second kappa shape index (κ2) is 6.30. The summed E-state index contributed by atoms with van der Waals surface area (Å²) in [4.78, 5) is 23.6. The minimum atomic E-state index is -0.475. The highest BCUT2D eigenvalue weighted by atomic mass is 16.1. The largest absolute Gasteiger partial charge is 0.394 e. The van der Waals surface area contributed by atoms with Crippen LogP contribution in [0, 0.1) is 11.3 Å². The predicted molar refractivity (Wildman–Crippen MR) is 77.1 cm³/mol. The number of carbonyl (C=O) groups is 1. The van der Waals surface area contributed by atoms with E-state index in [-0.39, 0.29) is 5.69 Å². The first-order valence-electron chi connectivity index (χ1n) is 6.14. The Morgan fingerprint density at radius 3 is 2.67 bits per heavy atom. The summed E-state index contributed by atoms with van der Waals surface area (Å²) in [5.41, 5.74) is 0.577. The highest BCUT2D eigenvalue weighted by Gasteiger charge is 2.10. The van der Waals surface area contributed by atoms with Gasteiger partial charge in [0.15, 0.2) is 5.69 Å². The van der Waals surface area contributed by atoms with Crippen LogP contribution in [-0.4, -0.2) is 22.6 Å². The van der Waals surface area contributed by atoms with Crippen molar-refractivity contribution in [1.82, 2.24) is 15.1 Å². The predicted octanol–water partition coefficient (Wildman–Crippen LogP) is 1.02. The zero-order valence-corrected chi connectivity index (χ0v) is 11.3. The van der Waals surface area contributed by atoms with Crippen LogP contribution in [0.3, 0.4) is 0 Å². The van der Waals surface area contributed by atoms with E-state index in [1.165, 1.54) is 29.2 Å². The number of nitrogens with zero attached hydrogens (tertiary/aromatic N) is 3. The zero-order valence-electron chi connectivity index (χ0n) is 11.3. The highest BCUT2D eigenvalue weighted by molar-refractivity contribution is 6.02. The molecular weight excluding hydrogens is 268 g/mol. The molecule has 0 unspecified atom stereocenters. The molecule has 6 heteroatoms. The Morgan fingerprint density at radius 1 is 1.33 bits per heavy atom. The van der Waals surface area contributed by atoms with Gasteiger partial charge in [-0.1, -0.05) is 0 Å². The summed E-state index contributed by atoms with van der Waals surface area (Å²) in [5.74, 6) is -0.475. The Hall–Kier alpha value is -3.20. The van der Waals surface area contributed by atoms with E-state index in [1.807, 2.05) is 6.07 Å². The van der Waals surface area contributed by atoms with Gasteiger partial charge in [-0.2, -0.15) is 10.4 Å². The lowest BCUT2D eigenvalue weighted by atomic mass is 10.2. The minimum Gasteiger partial charge on any atom is -0.394 e. The summed E-state index contributed by atoms with van der Waals surface area (Å²) in [6.07, 6.45) is 4.15. The lowest BCUT2D eigenvalue weighted by molar-refractivity contribution is 0.103. The van der Waals surface area contributed by atoms with Gasteiger partial charge in [0.25, 0.3) is 0 Å². The van der Waals surface area contributed by atoms with Crippen LogP contribution >= 0.6 is 0 Å². The molecule has 0 aliphatic rings. The van der Waals surface area contributed by atoms with E-state index in [2.05, 4.69) is 10.4 Å². The van der Waals surface area contributed by atoms with Gasteiger partial charge < -0.3 is 5.32 Å². The van der Waals surface area contributed by atoms with Crippen molar-refractivity contribution in [2.45, 2.75) is 0 Å². The van der Waals surface area contributed by atoms with Gasteiger partial charge in [0.1, 0.15) is 0 Å². The van der Waals surface area contributed by atoms with Crippen molar-refractivity contribution in [3.63, 3.8) is 0 Å². The maximum Gasteiger partial charge on any atom is 0.211 e. The maximum absolute atomic E-state index is 11.9. The van der Waals surface area contributed by atoms with Crippen LogP contribution in [0.2, 0.25) is 0 Å². The fourth-order valence-electron chi connectivity index (χ4n) is 1.65. The molecule has 1 aromatic heterocycles. The van der Waals surface area contributed by atoms with E-state index in [9.17, 15) is 9.59 Å². The number of benzene rings is 1. The lowest BCUT2D eigenvalue weighted by Crippen LogP contribution is -2.19. The summed E-state index contributed by atoms with van der Waals surface area (Å²) >= 11 is 0. The number of allylic oxidation sites excluding steroid dienone is 1. The molecule has 0 aliphatic carbocycles. The number of ketones is 1. The Labute approximate surface area is 121 Å². The van der Waals surface area contributed by atoms with Crippen LogP contribution in [0.25, 0.3) is 5.69 Å². The van der Waals surface area contributed by atoms with Gasteiger partial charge >= 0.3 is 0 Å². The summed E-state index contributed by atoms with van der Waals surface area (Å²) in [5, 5.41) is 15.5. The average Bonchev–Trinajstić information content (AvgIpc) is 2.53. The van der Waals surface area contributed by atoms with Crippen molar-refractivity contribution in [3.05, 3.63) is 70.3 Å². The minimum absolute atomic E-state index is 0.159. The molecule has 0 fully saturated rings. The first-order valence-corrected chi connectivity index (χ1v) is 6.14. The summed E-state index contributed by atoms with van der Waals surface area (Å²) in [6, 6.07) is 9.95. The van der Waals surface area contributed by atoms with Crippen molar-refractivity contribution < 1.29 is 4.79 Å². The van der Waals surface area contributed by atoms with E-state index >= 15 is 0 Å². The number of nitrogens with one attached hydrogen (secondary N) is 1. The van der Waals surface area contributed by atoms with Crippen LogP contribution in [0.4, 0.5) is 0 Å². The lowest BCUT2D eigenvalue weighted by Gasteiger charge is -2.06. The van der Waals surface area contributed by atoms with Gasteiger partial charge in [-0.05, 0) is 24.3 Å². The molecule has 0 bridgehead atoms. The van der Waals surface area contributed by atoms with Gasteiger partial charge in [-0.3, -0.25) is 9.59 Å². The Balaban J connectivity index is 2.42. The van der Waals surface area contributed by atoms with Crippen LogP contribution in [0.1, 0.15) is 16.1 Å². The molecule has 0 radical (unpaired) electrons.